The zero-order chi connectivity index (χ0) is 13.4. The van der Waals surface area contributed by atoms with Crippen LogP contribution in [-0.2, 0) is 4.79 Å². The van der Waals surface area contributed by atoms with Gasteiger partial charge in [0.25, 0.3) is 5.91 Å². The van der Waals surface area contributed by atoms with Gasteiger partial charge in [-0.1, -0.05) is 13.8 Å². The lowest BCUT2D eigenvalue weighted by molar-refractivity contribution is -0.118. The van der Waals surface area contributed by atoms with Crippen molar-refractivity contribution in [3.8, 4) is 5.75 Å². The van der Waals surface area contributed by atoms with Gasteiger partial charge in [-0.2, -0.15) is 0 Å². The van der Waals surface area contributed by atoms with Crippen molar-refractivity contribution >= 4 is 17.3 Å². The molecule has 0 bridgehead atoms. The molecule has 3 rings (SSSR count). The summed E-state index contributed by atoms with van der Waals surface area (Å²) in [5, 5.41) is 6.35. The first-order chi connectivity index (χ1) is 9.11. The molecule has 1 saturated carbocycles. The molecule has 1 aliphatic heterocycles. The third-order valence-electron chi connectivity index (χ3n) is 4.10. The van der Waals surface area contributed by atoms with Crippen LogP contribution in [0.1, 0.15) is 26.7 Å². The predicted octanol–water partition coefficient (Wildman–Crippen LogP) is 2.86. The lowest BCUT2D eigenvalue weighted by atomic mass is 9.73. The molecule has 102 valence electrons. The van der Waals surface area contributed by atoms with Crippen molar-refractivity contribution < 1.29 is 9.53 Å². The van der Waals surface area contributed by atoms with E-state index >= 15 is 0 Å². The van der Waals surface area contributed by atoms with Crippen LogP contribution in [0.15, 0.2) is 18.2 Å². The molecule has 1 aromatic carbocycles. The molecule has 2 N–H and O–H groups in total. The number of nitrogens with one attached hydrogen (secondary N) is 2. The molecule has 2 aliphatic rings. The quantitative estimate of drug-likeness (QED) is 0.878. The molecule has 0 radical (unpaired) electrons. The summed E-state index contributed by atoms with van der Waals surface area (Å²) in [6, 6.07) is 6.44. The van der Waals surface area contributed by atoms with Gasteiger partial charge >= 0.3 is 0 Å². The second-order valence-electron chi connectivity index (χ2n) is 5.86. The highest BCUT2D eigenvalue weighted by Gasteiger charge is 2.31. The van der Waals surface area contributed by atoms with Crippen LogP contribution < -0.4 is 15.4 Å². The Balaban J connectivity index is 1.64. The summed E-state index contributed by atoms with van der Waals surface area (Å²) in [4.78, 5) is 11.3. The molecular formula is C15H20N2O2. The number of carbonyl (C=O) groups excluding carboxylic acids is 1. The van der Waals surface area contributed by atoms with Crippen molar-refractivity contribution in [2.24, 2.45) is 11.8 Å². The number of ether oxygens (including phenoxy) is 1. The zero-order valence-corrected chi connectivity index (χ0v) is 11.4. The van der Waals surface area contributed by atoms with Crippen molar-refractivity contribution in [1.82, 2.24) is 0 Å². The lowest BCUT2D eigenvalue weighted by Crippen LogP contribution is -2.37. The second-order valence-corrected chi connectivity index (χ2v) is 5.86. The van der Waals surface area contributed by atoms with E-state index in [1.165, 1.54) is 12.8 Å². The van der Waals surface area contributed by atoms with Crippen LogP contribution in [0.2, 0.25) is 0 Å². The smallest absolute Gasteiger partial charge is 0.262 e. The minimum Gasteiger partial charge on any atom is -0.482 e. The molecule has 1 fully saturated rings. The van der Waals surface area contributed by atoms with E-state index < -0.39 is 0 Å². The molecular weight excluding hydrogens is 240 g/mol. The summed E-state index contributed by atoms with van der Waals surface area (Å²) in [6.45, 7) is 4.68. The summed E-state index contributed by atoms with van der Waals surface area (Å²) in [6.07, 6.45) is 2.47. The fraction of sp³-hybridized carbons (Fsp3) is 0.533. The number of benzene rings is 1. The summed E-state index contributed by atoms with van der Waals surface area (Å²) in [5.74, 6) is 2.28. The van der Waals surface area contributed by atoms with Gasteiger partial charge in [-0.05, 0) is 42.9 Å². The van der Waals surface area contributed by atoms with E-state index in [-0.39, 0.29) is 12.5 Å². The van der Waals surface area contributed by atoms with Gasteiger partial charge in [0.2, 0.25) is 0 Å². The molecule has 1 aliphatic carbocycles. The molecule has 4 heteroatoms. The Bertz CT molecular complexity index is 493. The maximum absolute atomic E-state index is 11.3. The minimum absolute atomic E-state index is 0.0897. The molecule has 1 amide bonds. The molecule has 1 aromatic rings. The standard InChI is InChI=1S/C15H20N2O2/c1-9(2)10-5-12(6-10)16-11-3-4-14-13(7-11)17-15(18)8-19-14/h3-4,7,9-10,12,16H,5-6,8H2,1-2H3,(H,17,18). The molecule has 0 atom stereocenters. The summed E-state index contributed by atoms with van der Waals surface area (Å²) < 4.78 is 5.34. The Morgan fingerprint density at radius 3 is 2.89 bits per heavy atom. The maximum atomic E-state index is 11.3. The Labute approximate surface area is 113 Å². The van der Waals surface area contributed by atoms with Crippen molar-refractivity contribution in [2.75, 3.05) is 17.2 Å². The van der Waals surface area contributed by atoms with Gasteiger partial charge in [0.05, 0.1) is 5.69 Å². The second kappa shape index (κ2) is 4.76. The first kappa shape index (κ1) is 12.3. The molecule has 0 spiro atoms. The molecule has 0 aromatic heterocycles. The van der Waals surface area contributed by atoms with E-state index in [9.17, 15) is 4.79 Å². The molecule has 0 unspecified atom stereocenters. The largest absolute Gasteiger partial charge is 0.482 e. The van der Waals surface area contributed by atoms with Crippen molar-refractivity contribution in [3.63, 3.8) is 0 Å². The van der Waals surface area contributed by atoms with Crippen LogP contribution in [0.3, 0.4) is 0 Å². The molecule has 19 heavy (non-hydrogen) atoms. The highest BCUT2D eigenvalue weighted by molar-refractivity contribution is 5.96. The zero-order valence-electron chi connectivity index (χ0n) is 11.4. The number of amides is 1. The van der Waals surface area contributed by atoms with Gasteiger partial charge in [0.15, 0.2) is 6.61 Å². The van der Waals surface area contributed by atoms with Gasteiger partial charge < -0.3 is 15.4 Å². The summed E-state index contributed by atoms with van der Waals surface area (Å²) >= 11 is 0. The highest BCUT2D eigenvalue weighted by atomic mass is 16.5. The van der Waals surface area contributed by atoms with Gasteiger partial charge in [-0.3, -0.25) is 4.79 Å². The number of carbonyl (C=O) groups is 1. The Hall–Kier alpha value is -1.71. The average molecular weight is 260 g/mol. The number of hydrogen-bond acceptors (Lipinski definition) is 3. The van der Waals surface area contributed by atoms with Crippen LogP contribution in [0.25, 0.3) is 0 Å². The lowest BCUT2D eigenvalue weighted by Gasteiger charge is -2.39. The first-order valence-corrected chi connectivity index (χ1v) is 6.95. The topological polar surface area (TPSA) is 50.4 Å². The first-order valence-electron chi connectivity index (χ1n) is 6.95. The normalized spacial score (nSPS) is 25.1. The third kappa shape index (κ3) is 2.53. The van der Waals surface area contributed by atoms with E-state index in [4.69, 9.17) is 4.74 Å². The fourth-order valence-electron chi connectivity index (χ4n) is 2.73. The van der Waals surface area contributed by atoms with Crippen LogP contribution in [-0.4, -0.2) is 18.6 Å². The summed E-state index contributed by atoms with van der Waals surface area (Å²) in [7, 11) is 0. The monoisotopic (exact) mass is 260 g/mol. The molecule has 1 heterocycles. The number of rotatable bonds is 3. The Morgan fingerprint density at radius 2 is 2.16 bits per heavy atom. The molecule has 4 nitrogen and oxygen atoms in total. The van der Waals surface area contributed by atoms with Crippen LogP contribution in [0.5, 0.6) is 5.75 Å². The van der Waals surface area contributed by atoms with Gasteiger partial charge in [0.1, 0.15) is 5.75 Å². The Morgan fingerprint density at radius 1 is 1.37 bits per heavy atom. The van der Waals surface area contributed by atoms with Gasteiger partial charge in [-0.15, -0.1) is 0 Å². The number of anilines is 2. The SMILES string of the molecule is CC(C)C1CC(Nc2ccc3c(c2)NC(=O)CO3)C1. The minimum atomic E-state index is -0.0897. The van der Waals surface area contributed by atoms with Crippen molar-refractivity contribution in [2.45, 2.75) is 32.7 Å². The number of fused-ring (bicyclic) bond motifs is 1. The van der Waals surface area contributed by atoms with E-state index in [1.54, 1.807) is 0 Å². The van der Waals surface area contributed by atoms with Gasteiger partial charge in [-0.25, -0.2) is 0 Å². The van der Waals surface area contributed by atoms with E-state index in [0.717, 1.165) is 29.0 Å². The number of hydrogen-bond donors (Lipinski definition) is 2. The average Bonchev–Trinajstić information content (AvgIpc) is 2.32. The van der Waals surface area contributed by atoms with Crippen LogP contribution >= 0.6 is 0 Å². The molecule has 0 saturated heterocycles. The van der Waals surface area contributed by atoms with E-state index in [2.05, 4.69) is 24.5 Å². The predicted molar refractivity (Wildman–Crippen MR) is 75.5 cm³/mol. The summed E-state index contributed by atoms with van der Waals surface area (Å²) in [5.41, 5.74) is 1.82. The maximum Gasteiger partial charge on any atom is 0.262 e. The van der Waals surface area contributed by atoms with Crippen LogP contribution in [0, 0.1) is 11.8 Å². The van der Waals surface area contributed by atoms with Crippen molar-refractivity contribution in [1.29, 1.82) is 0 Å². The highest BCUT2D eigenvalue weighted by Crippen LogP contribution is 2.37. The van der Waals surface area contributed by atoms with Gasteiger partial charge in [0, 0.05) is 11.7 Å². The van der Waals surface area contributed by atoms with E-state index in [1.807, 2.05) is 18.2 Å². The van der Waals surface area contributed by atoms with Crippen molar-refractivity contribution in [3.05, 3.63) is 18.2 Å². The fourth-order valence-corrected chi connectivity index (χ4v) is 2.73. The Kier molecular flexibility index (Phi) is 3.09. The third-order valence-corrected chi connectivity index (χ3v) is 4.10. The van der Waals surface area contributed by atoms with Crippen LogP contribution in [0.4, 0.5) is 11.4 Å². The van der Waals surface area contributed by atoms with E-state index in [0.29, 0.717) is 6.04 Å².